The summed E-state index contributed by atoms with van der Waals surface area (Å²) in [4.78, 5) is 59.5. The number of aryl methyl sites for hydroxylation is 3. The third-order valence-electron chi connectivity index (χ3n) is 9.70. The highest BCUT2D eigenvalue weighted by atomic mass is 32.2. The Kier molecular flexibility index (Phi) is 14.9. The number of aromatic nitrogens is 5. The minimum Gasteiger partial charge on any atom is -0.379 e. The van der Waals surface area contributed by atoms with E-state index in [0.29, 0.717) is 56.4 Å². The number of hydrogen-bond acceptors (Lipinski definition) is 13. The van der Waals surface area contributed by atoms with Crippen molar-refractivity contribution in [1.82, 2.24) is 34.1 Å². The average Bonchev–Trinajstić information content (AvgIpc) is 3.45. The molecule has 2 amide bonds. The maximum atomic E-state index is 13.0. The number of nitrogens with zero attached hydrogens (tertiary/aromatic N) is 4. The van der Waals surface area contributed by atoms with Gasteiger partial charge in [0.2, 0.25) is 27.8 Å². The fourth-order valence-electron chi connectivity index (χ4n) is 6.56. The monoisotopic (exact) mass is 856 g/mol. The van der Waals surface area contributed by atoms with Gasteiger partial charge in [-0.2, -0.15) is 4.98 Å². The Morgan fingerprint density at radius 1 is 0.900 bits per heavy atom. The summed E-state index contributed by atoms with van der Waals surface area (Å²) in [5.41, 5.74) is 1.61. The second kappa shape index (κ2) is 20.2. The number of imide groups is 1. The van der Waals surface area contributed by atoms with Gasteiger partial charge in [0, 0.05) is 43.9 Å². The number of ether oxygens (including phenoxy) is 4. The molecule has 322 valence electrons. The van der Waals surface area contributed by atoms with Gasteiger partial charge in [-0.25, -0.2) is 31.7 Å². The highest BCUT2D eigenvalue weighted by Gasteiger charge is 2.31. The zero-order chi connectivity index (χ0) is 42.8. The van der Waals surface area contributed by atoms with Crippen LogP contribution in [-0.4, -0.2) is 104 Å². The SMILES string of the molecule is Cc1cc(S(=O)(=O)NCCOCCOCCOCCOCCCc2ccc3c(c2)n(C)c(=O)n3C2CCC(=O)NC2=O)ccc1Nc1ncc2cc(C(F)F)c(=O)[nH]c2n1. The third kappa shape index (κ3) is 11.0. The van der Waals surface area contributed by atoms with Crippen LogP contribution in [0.3, 0.4) is 0 Å². The number of amides is 2. The summed E-state index contributed by atoms with van der Waals surface area (Å²) < 4.78 is 79.4. The molecule has 21 heteroatoms. The third-order valence-corrected chi connectivity index (χ3v) is 11.2. The first-order valence-corrected chi connectivity index (χ1v) is 20.7. The summed E-state index contributed by atoms with van der Waals surface area (Å²) in [6.07, 6.45) is 0.326. The molecule has 0 bridgehead atoms. The van der Waals surface area contributed by atoms with Crippen molar-refractivity contribution in [2.75, 3.05) is 64.7 Å². The molecular formula is C39H46F2N8O10S. The van der Waals surface area contributed by atoms with Crippen molar-refractivity contribution in [3.05, 3.63) is 86.2 Å². The number of fused-ring (bicyclic) bond motifs is 2. The van der Waals surface area contributed by atoms with Crippen molar-refractivity contribution in [3.63, 3.8) is 0 Å². The van der Waals surface area contributed by atoms with Gasteiger partial charge < -0.3 is 29.2 Å². The Hall–Kier alpha value is -5.45. The minimum atomic E-state index is -3.84. The largest absolute Gasteiger partial charge is 0.379 e. The Balaban J connectivity index is 0.793. The van der Waals surface area contributed by atoms with E-state index in [1.807, 2.05) is 18.2 Å². The lowest BCUT2D eigenvalue weighted by atomic mass is 10.1. The van der Waals surface area contributed by atoms with Crippen LogP contribution >= 0.6 is 0 Å². The lowest BCUT2D eigenvalue weighted by molar-refractivity contribution is -0.135. The van der Waals surface area contributed by atoms with E-state index in [-0.39, 0.29) is 66.1 Å². The first-order valence-electron chi connectivity index (χ1n) is 19.2. The number of pyridine rings is 1. The molecule has 6 rings (SSSR count). The first-order chi connectivity index (χ1) is 28.8. The van der Waals surface area contributed by atoms with E-state index in [4.69, 9.17) is 18.9 Å². The number of nitrogens with one attached hydrogen (secondary N) is 4. The molecule has 0 radical (unpaired) electrons. The molecule has 60 heavy (non-hydrogen) atoms. The first kappa shape index (κ1) is 44.1. The van der Waals surface area contributed by atoms with E-state index in [1.54, 1.807) is 14.0 Å². The molecule has 2 aromatic carbocycles. The molecule has 4 N–H and O–H groups in total. The van der Waals surface area contributed by atoms with Gasteiger partial charge >= 0.3 is 5.69 Å². The lowest BCUT2D eigenvalue weighted by Gasteiger charge is -2.21. The van der Waals surface area contributed by atoms with Crippen LogP contribution < -0.4 is 26.6 Å². The van der Waals surface area contributed by atoms with Crippen LogP contribution in [0.2, 0.25) is 0 Å². The van der Waals surface area contributed by atoms with Crippen LogP contribution in [0.15, 0.2) is 63.1 Å². The molecule has 0 spiro atoms. The number of piperidine rings is 1. The highest BCUT2D eigenvalue weighted by molar-refractivity contribution is 7.89. The van der Waals surface area contributed by atoms with E-state index in [0.717, 1.165) is 30.0 Å². The molecule has 1 atom stereocenters. The quantitative estimate of drug-likeness (QED) is 0.0581. The normalized spacial score (nSPS) is 14.7. The zero-order valence-electron chi connectivity index (χ0n) is 33.0. The summed E-state index contributed by atoms with van der Waals surface area (Å²) in [6, 6.07) is 10.4. The Morgan fingerprint density at radius 3 is 2.28 bits per heavy atom. The Bertz CT molecular complexity index is 2560. The smallest absolute Gasteiger partial charge is 0.329 e. The molecule has 1 saturated heterocycles. The summed E-state index contributed by atoms with van der Waals surface area (Å²) in [5, 5.41) is 5.50. The predicted octanol–water partition coefficient (Wildman–Crippen LogP) is 2.92. The molecule has 18 nitrogen and oxygen atoms in total. The minimum absolute atomic E-state index is 0.0354. The van der Waals surface area contributed by atoms with Gasteiger partial charge in [0.25, 0.3) is 12.0 Å². The van der Waals surface area contributed by atoms with Gasteiger partial charge in [-0.05, 0) is 73.7 Å². The van der Waals surface area contributed by atoms with Crippen LogP contribution in [0.1, 0.15) is 48.4 Å². The number of imidazole rings is 1. The van der Waals surface area contributed by atoms with Gasteiger partial charge in [0.05, 0.1) is 67.7 Å². The molecule has 4 heterocycles. The van der Waals surface area contributed by atoms with Crippen LogP contribution in [0, 0.1) is 6.92 Å². The molecular weight excluding hydrogens is 811 g/mol. The predicted molar refractivity (Wildman–Crippen MR) is 215 cm³/mol. The molecule has 1 unspecified atom stereocenters. The summed E-state index contributed by atoms with van der Waals surface area (Å²) >= 11 is 0. The number of H-pyrrole nitrogens is 1. The number of benzene rings is 2. The van der Waals surface area contributed by atoms with Gasteiger partial charge in [-0.1, -0.05) is 6.07 Å². The molecule has 0 saturated carbocycles. The molecule has 5 aromatic rings. The molecule has 1 aliphatic rings. The number of rotatable bonds is 22. The van der Waals surface area contributed by atoms with Gasteiger partial charge in [0.1, 0.15) is 11.7 Å². The molecule has 1 fully saturated rings. The fourth-order valence-corrected chi connectivity index (χ4v) is 7.66. The van der Waals surface area contributed by atoms with E-state index >= 15 is 0 Å². The van der Waals surface area contributed by atoms with E-state index in [2.05, 4.69) is 30.3 Å². The number of carbonyl (C=O) groups is 2. The lowest BCUT2D eigenvalue weighted by Crippen LogP contribution is -2.44. The maximum absolute atomic E-state index is 13.0. The van der Waals surface area contributed by atoms with Gasteiger partial charge in [0.15, 0.2) is 0 Å². The van der Waals surface area contributed by atoms with Gasteiger partial charge in [-0.15, -0.1) is 0 Å². The number of hydrogen-bond donors (Lipinski definition) is 4. The number of sulfonamides is 1. The van der Waals surface area contributed by atoms with Crippen molar-refractivity contribution in [2.45, 2.75) is 50.0 Å². The summed E-state index contributed by atoms with van der Waals surface area (Å²) in [6.45, 7) is 4.48. The van der Waals surface area contributed by atoms with Crippen molar-refractivity contribution in [1.29, 1.82) is 0 Å². The Labute approximate surface area is 342 Å². The van der Waals surface area contributed by atoms with Crippen molar-refractivity contribution >= 4 is 55.5 Å². The second-order valence-corrected chi connectivity index (χ2v) is 15.7. The average molecular weight is 857 g/mol. The van der Waals surface area contributed by atoms with Crippen molar-refractivity contribution < 1.29 is 45.7 Å². The number of anilines is 2. The van der Waals surface area contributed by atoms with E-state index in [1.165, 1.54) is 33.5 Å². The number of halogens is 2. The molecule has 3 aromatic heterocycles. The van der Waals surface area contributed by atoms with E-state index < -0.39 is 39.5 Å². The van der Waals surface area contributed by atoms with Crippen LogP contribution in [0.5, 0.6) is 0 Å². The van der Waals surface area contributed by atoms with Crippen molar-refractivity contribution in [3.8, 4) is 0 Å². The fraction of sp³-hybridized carbons (Fsp3) is 0.436. The standard InChI is InChI=1S/C39H46F2N8O10S/c1-24-20-27(6-7-29(24)44-38-42-23-26-22-28(34(40)41)36(51)46-35(26)47-38)60(54,55)43-11-13-57-15-17-59-19-18-58-16-14-56-12-3-4-25-5-8-30-32(21-25)48(2)39(53)49(30)31-9-10-33(50)45-37(31)52/h5-8,20-23,31,34,43H,3-4,9-19H2,1-2H3,(H,45,50,52)(H2,42,44,46,47,51). The molecule has 0 aliphatic carbocycles. The van der Waals surface area contributed by atoms with E-state index in [9.17, 15) is 36.4 Å². The van der Waals surface area contributed by atoms with Crippen LogP contribution in [-0.2, 0) is 52.0 Å². The number of aromatic amines is 1. The van der Waals surface area contributed by atoms with Crippen molar-refractivity contribution in [2.24, 2.45) is 7.05 Å². The number of alkyl halides is 2. The maximum Gasteiger partial charge on any atom is 0.329 e. The Morgan fingerprint density at radius 2 is 1.60 bits per heavy atom. The zero-order valence-corrected chi connectivity index (χ0v) is 33.8. The second-order valence-electron chi connectivity index (χ2n) is 13.9. The van der Waals surface area contributed by atoms with Crippen LogP contribution in [0.25, 0.3) is 22.1 Å². The molecule has 1 aliphatic heterocycles. The summed E-state index contributed by atoms with van der Waals surface area (Å²) in [7, 11) is -2.17. The van der Waals surface area contributed by atoms with Gasteiger partial charge in [-0.3, -0.25) is 28.8 Å². The number of carbonyl (C=O) groups excluding carboxylic acids is 2. The highest BCUT2D eigenvalue weighted by Crippen LogP contribution is 2.25. The topological polar surface area (TPSA) is 227 Å². The van der Waals surface area contributed by atoms with Crippen LogP contribution in [0.4, 0.5) is 20.4 Å². The summed E-state index contributed by atoms with van der Waals surface area (Å²) in [5.74, 6) is -0.714.